The number of carbonyl (C=O) groups excluding carboxylic acids is 1. The predicted molar refractivity (Wildman–Crippen MR) is 67.3 cm³/mol. The maximum Gasteiger partial charge on any atom is 0.318 e. The molecule has 0 aromatic carbocycles. The van der Waals surface area contributed by atoms with Crippen molar-refractivity contribution < 1.29 is 29.3 Å². The normalized spacial score (nSPS) is 34.0. The number of carbonyl (C=O) groups is 2. The van der Waals surface area contributed by atoms with Crippen LogP contribution >= 0.6 is 0 Å². The van der Waals surface area contributed by atoms with Crippen molar-refractivity contribution in [1.82, 2.24) is 10.2 Å². The van der Waals surface area contributed by atoms with Crippen molar-refractivity contribution in [3.63, 3.8) is 0 Å². The van der Waals surface area contributed by atoms with Crippen LogP contribution in [0.1, 0.15) is 6.92 Å². The standard InChI is InChI=1S/C12H20N2O6/c1-12(10(16)17)7-20-6-9(12)13-11(18)14-2-3-19-5-8(14)4-15/h8-9,15H,2-7H2,1H3,(H,13,18)(H,16,17). The molecule has 0 bridgehead atoms. The highest BCUT2D eigenvalue weighted by atomic mass is 16.5. The summed E-state index contributed by atoms with van der Waals surface area (Å²) >= 11 is 0. The number of nitrogens with zero attached hydrogens (tertiary/aromatic N) is 1. The van der Waals surface area contributed by atoms with Crippen LogP contribution in [0.25, 0.3) is 0 Å². The molecule has 3 N–H and O–H groups in total. The van der Waals surface area contributed by atoms with Crippen LogP contribution in [0.3, 0.4) is 0 Å². The van der Waals surface area contributed by atoms with Crippen LogP contribution in [0.15, 0.2) is 0 Å². The Balaban J connectivity index is 2.01. The molecule has 0 aliphatic carbocycles. The van der Waals surface area contributed by atoms with Gasteiger partial charge in [-0.15, -0.1) is 0 Å². The maximum absolute atomic E-state index is 12.2. The topological polar surface area (TPSA) is 108 Å². The van der Waals surface area contributed by atoms with E-state index in [2.05, 4.69) is 5.32 Å². The minimum atomic E-state index is -1.13. The fourth-order valence-corrected chi connectivity index (χ4v) is 2.39. The Labute approximate surface area is 116 Å². The molecule has 3 atom stereocenters. The summed E-state index contributed by atoms with van der Waals surface area (Å²) < 4.78 is 10.4. The van der Waals surface area contributed by atoms with E-state index >= 15 is 0 Å². The van der Waals surface area contributed by atoms with E-state index in [1.807, 2.05) is 0 Å². The first-order valence-corrected chi connectivity index (χ1v) is 6.56. The summed E-state index contributed by atoms with van der Waals surface area (Å²) in [5.74, 6) is -0.999. The average molecular weight is 288 g/mol. The van der Waals surface area contributed by atoms with Crippen LogP contribution in [0, 0.1) is 5.41 Å². The molecular formula is C12H20N2O6. The highest BCUT2D eigenvalue weighted by Gasteiger charge is 2.48. The van der Waals surface area contributed by atoms with Crippen molar-refractivity contribution in [2.24, 2.45) is 5.41 Å². The van der Waals surface area contributed by atoms with Crippen LogP contribution in [0.2, 0.25) is 0 Å². The number of carboxylic acid groups (broad SMARTS) is 1. The van der Waals surface area contributed by atoms with Crippen molar-refractivity contribution in [1.29, 1.82) is 0 Å². The van der Waals surface area contributed by atoms with Crippen LogP contribution in [-0.2, 0) is 14.3 Å². The summed E-state index contributed by atoms with van der Waals surface area (Å²) in [5, 5.41) is 21.2. The molecule has 8 heteroatoms. The summed E-state index contributed by atoms with van der Waals surface area (Å²) in [6.45, 7) is 2.65. The SMILES string of the molecule is CC1(C(=O)O)COCC1NC(=O)N1CCOCC1CO. The van der Waals surface area contributed by atoms with Crippen LogP contribution in [0.4, 0.5) is 4.79 Å². The molecule has 0 radical (unpaired) electrons. The lowest BCUT2D eigenvalue weighted by Crippen LogP contribution is -2.58. The van der Waals surface area contributed by atoms with E-state index in [1.54, 1.807) is 6.92 Å². The molecule has 20 heavy (non-hydrogen) atoms. The summed E-state index contributed by atoms with van der Waals surface area (Å²) in [6.07, 6.45) is 0. The van der Waals surface area contributed by atoms with E-state index < -0.39 is 29.5 Å². The Morgan fingerprint density at radius 3 is 2.80 bits per heavy atom. The molecule has 2 aliphatic rings. The minimum Gasteiger partial charge on any atom is -0.481 e. The van der Waals surface area contributed by atoms with Crippen LogP contribution in [-0.4, -0.2) is 78.8 Å². The molecule has 2 rings (SSSR count). The van der Waals surface area contributed by atoms with E-state index in [-0.39, 0.29) is 26.4 Å². The molecule has 2 saturated heterocycles. The second-order valence-corrected chi connectivity index (χ2v) is 5.34. The van der Waals surface area contributed by atoms with E-state index in [1.165, 1.54) is 4.90 Å². The van der Waals surface area contributed by atoms with Crippen molar-refractivity contribution in [3.05, 3.63) is 0 Å². The summed E-state index contributed by atoms with van der Waals surface area (Å²) in [7, 11) is 0. The number of amides is 2. The Hall–Kier alpha value is -1.38. The Kier molecular flexibility index (Phi) is 4.46. The zero-order valence-electron chi connectivity index (χ0n) is 11.4. The fraction of sp³-hybridized carbons (Fsp3) is 0.833. The predicted octanol–water partition coefficient (Wildman–Crippen LogP) is -1.12. The molecule has 2 amide bonds. The van der Waals surface area contributed by atoms with Gasteiger partial charge < -0.3 is 29.9 Å². The molecule has 0 saturated carbocycles. The lowest BCUT2D eigenvalue weighted by Gasteiger charge is -2.36. The van der Waals surface area contributed by atoms with Gasteiger partial charge in [0.2, 0.25) is 0 Å². The highest BCUT2D eigenvalue weighted by Crippen LogP contribution is 2.29. The third-order valence-electron chi connectivity index (χ3n) is 3.94. The quantitative estimate of drug-likeness (QED) is 0.607. The van der Waals surface area contributed by atoms with Crippen molar-refractivity contribution in [2.45, 2.75) is 19.0 Å². The van der Waals surface area contributed by atoms with Gasteiger partial charge in [-0.05, 0) is 6.92 Å². The molecule has 2 fully saturated rings. The van der Waals surface area contributed by atoms with Crippen molar-refractivity contribution in [2.75, 3.05) is 39.6 Å². The number of carboxylic acids is 1. The number of nitrogens with one attached hydrogen (secondary N) is 1. The van der Waals surface area contributed by atoms with Gasteiger partial charge >= 0.3 is 12.0 Å². The number of urea groups is 1. The second-order valence-electron chi connectivity index (χ2n) is 5.34. The molecule has 0 aromatic rings. The number of ether oxygens (including phenoxy) is 2. The molecule has 3 unspecified atom stereocenters. The third kappa shape index (κ3) is 2.72. The van der Waals surface area contributed by atoms with Crippen LogP contribution in [0.5, 0.6) is 0 Å². The van der Waals surface area contributed by atoms with Gasteiger partial charge in [-0.1, -0.05) is 0 Å². The first kappa shape index (κ1) is 15.0. The number of aliphatic hydroxyl groups excluding tert-OH is 1. The molecule has 0 spiro atoms. The first-order valence-electron chi connectivity index (χ1n) is 6.56. The number of morpholine rings is 1. The second kappa shape index (κ2) is 5.94. The Morgan fingerprint density at radius 1 is 1.40 bits per heavy atom. The van der Waals surface area contributed by atoms with Gasteiger partial charge in [-0.25, -0.2) is 4.79 Å². The molecule has 114 valence electrons. The lowest BCUT2D eigenvalue weighted by molar-refractivity contribution is -0.148. The van der Waals surface area contributed by atoms with E-state index in [0.29, 0.717) is 13.2 Å². The number of aliphatic hydroxyl groups is 1. The smallest absolute Gasteiger partial charge is 0.318 e. The van der Waals surface area contributed by atoms with Gasteiger partial charge in [0.1, 0.15) is 5.41 Å². The summed E-state index contributed by atoms with van der Waals surface area (Å²) in [4.78, 5) is 25.0. The summed E-state index contributed by atoms with van der Waals surface area (Å²) in [6, 6.07) is -1.38. The van der Waals surface area contributed by atoms with E-state index in [4.69, 9.17) is 9.47 Å². The lowest BCUT2D eigenvalue weighted by atomic mass is 9.85. The van der Waals surface area contributed by atoms with Gasteiger partial charge in [0.05, 0.1) is 45.1 Å². The van der Waals surface area contributed by atoms with Crippen molar-refractivity contribution in [3.8, 4) is 0 Å². The largest absolute Gasteiger partial charge is 0.481 e. The van der Waals surface area contributed by atoms with Gasteiger partial charge in [-0.2, -0.15) is 0 Å². The first-order chi connectivity index (χ1) is 9.49. The number of aliphatic carboxylic acids is 1. The summed E-state index contributed by atoms with van der Waals surface area (Å²) in [5.41, 5.74) is -1.13. The average Bonchev–Trinajstić information content (AvgIpc) is 2.81. The number of rotatable bonds is 3. The third-order valence-corrected chi connectivity index (χ3v) is 3.94. The van der Waals surface area contributed by atoms with E-state index in [9.17, 15) is 19.8 Å². The fourth-order valence-electron chi connectivity index (χ4n) is 2.39. The number of hydrogen-bond acceptors (Lipinski definition) is 5. The molecule has 8 nitrogen and oxygen atoms in total. The van der Waals surface area contributed by atoms with Gasteiger partial charge in [-0.3, -0.25) is 4.79 Å². The molecular weight excluding hydrogens is 268 g/mol. The Bertz CT molecular complexity index is 390. The Morgan fingerprint density at radius 2 is 2.15 bits per heavy atom. The highest BCUT2D eigenvalue weighted by molar-refractivity contribution is 5.79. The molecule has 0 aromatic heterocycles. The van der Waals surface area contributed by atoms with Gasteiger partial charge in [0.25, 0.3) is 0 Å². The zero-order chi connectivity index (χ0) is 14.8. The minimum absolute atomic E-state index is 0.0693. The molecule has 2 aliphatic heterocycles. The van der Waals surface area contributed by atoms with Crippen LogP contribution < -0.4 is 5.32 Å². The van der Waals surface area contributed by atoms with Crippen molar-refractivity contribution >= 4 is 12.0 Å². The van der Waals surface area contributed by atoms with E-state index in [0.717, 1.165) is 0 Å². The zero-order valence-corrected chi connectivity index (χ0v) is 11.4. The molecule has 2 heterocycles. The van der Waals surface area contributed by atoms with Gasteiger partial charge in [0, 0.05) is 6.54 Å². The van der Waals surface area contributed by atoms with Gasteiger partial charge in [0.15, 0.2) is 0 Å². The number of hydrogen-bond donors (Lipinski definition) is 3. The maximum atomic E-state index is 12.2. The monoisotopic (exact) mass is 288 g/mol.